The summed E-state index contributed by atoms with van der Waals surface area (Å²) in [4.78, 5) is 11.4. The fraction of sp³-hybridized carbons (Fsp3) is 0.368. The summed E-state index contributed by atoms with van der Waals surface area (Å²) in [7, 11) is 3.27. The van der Waals surface area contributed by atoms with E-state index in [9.17, 15) is 4.79 Å². The van der Waals surface area contributed by atoms with E-state index in [1.54, 1.807) is 16.2 Å². The van der Waals surface area contributed by atoms with Crippen molar-refractivity contribution in [3.63, 3.8) is 0 Å². The molecule has 0 aliphatic carbocycles. The maximum absolute atomic E-state index is 11.4. The standard InChI is InChI=1S/C19H24IN5O2S/c1-13-7-9-24(23-13)10-11-27-15-4-5-18-17(12-15)16(14(2)25(18)28-20)6-8-22-19(26)21-3/h4-5,7,9,12H,6,8,10-11H2,1-3H3,(H2,21,22,26). The molecule has 7 nitrogen and oxygen atoms in total. The van der Waals surface area contributed by atoms with Crippen molar-refractivity contribution in [1.82, 2.24) is 24.4 Å². The number of benzene rings is 1. The lowest BCUT2D eigenvalue weighted by atomic mass is 10.1. The quantitative estimate of drug-likeness (QED) is 0.449. The van der Waals surface area contributed by atoms with Gasteiger partial charge in [0.1, 0.15) is 12.4 Å². The van der Waals surface area contributed by atoms with Gasteiger partial charge in [0.2, 0.25) is 0 Å². The average molecular weight is 513 g/mol. The first-order valence-electron chi connectivity index (χ1n) is 9.05. The number of carbonyl (C=O) groups is 1. The van der Waals surface area contributed by atoms with E-state index in [1.807, 2.05) is 29.9 Å². The van der Waals surface area contributed by atoms with E-state index in [0.717, 1.165) is 28.8 Å². The molecule has 9 heteroatoms. The minimum Gasteiger partial charge on any atom is -0.492 e. The largest absolute Gasteiger partial charge is 0.492 e. The number of aryl methyl sites for hydroxylation is 1. The van der Waals surface area contributed by atoms with Gasteiger partial charge in [0.25, 0.3) is 0 Å². The normalized spacial score (nSPS) is 11.0. The Balaban J connectivity index is 1.76. The highest BCUT2D eigenvalue weighted by Crippen LogP contribution is 2.34. The van der Waals surface area contributed by atoms with Crippen molar-refractivity contribution in [3.05, 3.63) is 47.4 Å². The maximum Gasteiger partial charge on any atom is 0.314 e. The number of urea groups is 1. The Morgan fingerprint density at radius 3 is 2.82 bits per heavy atom. The minimum atomic E-state index is -0.164. The van der Waals surface area contributed by atoms with E-state index in [1.165, 1.54) is 11.3 Å². The van der Waals surface area contributed by atoms with Crippen LogP contribution in [0.3, 0.4) is 0 Å². The van der Waals surface area contributed by atoms with Crippen LogP contribution in [0.4, 0.5) is 4.79 Å². The van der Waals surface area contributed by atoms with Gasteiger partial charge in [0.05, 0.1) is 17.8 Å². The van der Waals surface area contributed by atoms with Crippen molar-refractivity contribution < 1.29 is 9.53 Å². The number of hydrogen-bond acceptors (Lipinski definition) is 4. The lowest BCUT2D eigenvalue weighted by Gasteiger charge is -2.08. The molecule has 2 N–H and O–H groups in total. The zero-order valence-electron chi connectivity index (χ0n) is 16.2. The molecule has 3 aromatic rings. The van der Waals surface area contributed by atoms with Gasteiger partial charge in [-0.1, -0.05) is 0 Å². The zero-order valence-corrected chi connectivity index (χ0v) is 19.1. The third-order valence-corrected chi connectivity index (χ3v) is 6.36. The Labute approximate surface area is 180 Å². The second-order valence-corrected chi connectivity index (χ2v) is 8.12. The topological polar surface area (TPSA) is 73.1 Å². The Morgan fingerprint density at radius 2 is 2.14 bits per heavy atom. The van der Waals surface area contributed by atoms with Crippen molar-refractivity contribution in [2.75, 3.05) is 20.2 Å². The molecule has 0 fully saturated rings. The molecule has 0 spiro atoms. The SMILES string of the molecule is CNC(=O)NCCc1c(C)n(SI)c2ccc(OCCn3ccc(C)n3)cc12. The lowest BCUT2D eigenvalue weighted by molar-refractivity contribution is 0.243. The third kappa shape index (κ3) is 4.75. The summed E-state index contributed by atoms with van der Waals surface area (Å²) >= 11 is 2.29. The van der Waals surface area contributed by atoms with Crippen molar-refractivity contribution in [2.24, 2.45) is 0 Å². The molecule has 0 radical (unpaired) electrons. The first-order chi connectivity index (χ1) is 13.5. The molecule has 0 saturated carbocycles. The third-order valence-electron chi connectivity index (χ3n) is 4.57. The molecule has 3 rings (SSSR count). The van der Waals surface area contributed by atoms with Crippen molar-refractivity contribution in [3.8, 4) is 5.75 Å². The van der Waals surface area contributed by atoms with Gasteiger partial charge in [0.15, 0.2) is 0 Å². The van der Waals surface area contributed by atoms with E-state index in [2.05, 4.69) is 60.0 Å². The van der Waals surface area contributed by atoms with Crippen LogP contribution in [0.5, 0.6) is 5.75 Å². The first kappa shape index (κ1) is 20.8. The van der Waals surface area contributed by atoms with Crippen LogP contribution in [0, 0.1) is 13.8 Å². The number of ether oxygens (including phenoxy) is 1. The van der Waals surface area contributed by atoms with Gasteiger partial charge in [-0.15, -0.1) is 0 Å². The summed E-state index contributed by atoms with van der Waals surface area (Å²) in [6.07, 6.45) is 2.72. The molecule has 0 saturated heterocycles. The molecule has 0 aliphatic heterocycles. The monoisotopic (exact) mass is 513 g/mol. The van der Waals surface area contributed by atoms with Crippen molar-refractivity contribution in [2.45, 2.75) is 26.8 Å². The summed E-state index contributed by atoms with van der Waals surface area (Å²) in [5, 5.41) is 11.0. The molecule has 0 aliphatic rings. The van der Waals surface area contributed by atoms with E-state index in [4.69, 9.17) is 4.74 Å². The van der Waals surface area contributed by atoms with Crippen LogP contribution in [0.2, 0.25) is 0 Å². The van der Waals surface area contributed by atoms with Gasteiger partial charge in [-0.2, -0.15) is 5.10 Å². The van der Waals surface area contributed by atoms with E-state index < -0.39 is 0 Å². The molecular formula is C19H24IN5O2S. The summed E-state index contributed by atoms with van der Waals surface area (Å²) in [6.45, 7) is 5.93. The molecular weight excluding hydrogens is 489 g/mol. The smallest absolute Gasteiger partial charge is 0.314 e. The van der Waals surface area contributed by atoms with Crippen LogP contribution < -0.4 is 15.4 Å². The van der Waals surface area contributed by atoms with Gasteiger partial charge >= 0.3 is 6.03 Å². The van der Waals surface area contributed by atoms with Gasteiger partial charge in [0, 0.05) is 61.2 Å². The molecule has 0 bridgehead atoms. The van der Waals surface area contributed by atoms with Crippen molar-refractivity contribution >= 4 is 47.3 Å². The average Bonchev–Trinajstić information content (AvgIpc) is 3.22. The first-order valence-corrected chi connectivity index (χ1v) is 12.4. The van der Waals surface area contributed by atoms with Gasteiger partial charge in [-0.3, -0.25) is 8.65 Å². The predicted octanol–water partition coefficient (Wildman–Crippen LogP) is 3.85. The van der Waals surface area contributed by atoms with Gasteiger partial charge in [-0.25, -0.2) is 4.79 Å². The second-order valence-electron chi connectivity index (χ2n) is 6.43. The summed E-state index contributed by atoms with van der Waals surface area (Å²) in [6, 6.07) is 8.01. The van der Waals surface area contributed by atoms with Crippen LogP contribution >= 0.6 is 30.3 Å². The molecule has 2 aromatic heterocycles. The van der Waals surface area contributed by atoms with E-state index in [0.29, 0.717) is 19.7 Å². The number of nitrogens with one attached hydrogen (secondary N) is 2. The number of rotatable bonds is 8. The fourth-order valence-corrected chi connectivity index (χ4v) is 5.13. The highest BCUT2D eigenvalue weighted by molar-refractivity contribution is 14.2. The summed E-state index contributed by atoms with van der Waals surface area (Å²) in [5.74, 6) is 0.840. The Bertz CT molecular complexity index is 969. The molecule has 2 heterocycles. The highest BCUT2D eigenvalue weighted by Gasteiger charge is 2.15. The van der Waals surface area contributed by atoms with Crippen LogP contribution in [0.15, 0.2) is 30.5 Å². The van der Waals surface area contributed by atoms with Crippen LogP contribution in [-0.2, 0) is 13.0 Å². The molecule has 0 unspecified atom stereocenters. The van der Waals surface area contributed by atoms with E-state index >= 15 is 0 Å². The van der Waals surface area contributed by atoms with Crippen molar-refractivity contribution in [1.29, 1.82) is 0 Å². The Morgan fingerprint density at radius 1 is 1.32 bits per heavy atom. The number of halogens is 1. The highest BCUT2D eigenvalue weighted by atomic mass is 127. The molecule has 2 amide bonds. The Kier molecular flexibility index (Phi) is 7.11. The number of amides is 2. The summed E-state index contributed by atoms with van der Waals surface area (Å²) < 4.78 is 10.1. The molecule has 28 heavy (non-hydrogen) atoms. The molecule has 150 valence electrons. The molecule has 0 atom stereocenters. The number of aromatic nitrogens is 3. The zero-order chi connectivity index (χ0) is 20.1. The summed E-state index contributed by atoms with van der Waals surface area (Å²) in [5.41, 5.74) is 4.58. The van der Waals surface area contributed by atoms with Gasteiger partial charge in [-0.05, 0) is 50.1 Å². The number of hydrogen-bond donors (Lipinski definition) is 2. The minimum absolute atomic E-state index is 0.164. The predicted molar refractivity (Wildman–Crippen MR) is 122 cm³/mol. The number of nitrogens with zero attached hydrogens (tertiary/aromatic N) is 3. The van der Waals surface area contributed by atoms with Crippen LogP contribution in [-0.4, -0.2) is 40.0 Å². The number of carbonyl (C=O) groups excluding carboxylic acids is 1. The number of fused-ring (bicyclic) bond motifs is 1. The van der Waals surface area contributed by atoms with Crippen LogP contribution in [0.1, 0.15) is 17.0 Å². The van der Waals surface area contributed by atoms with E-state index in [-0.39, 0.29) is 6.03 Å². The maximum atomic E-state index is 11.4. The van der Waals surface area contributed by atoms with Gasteiger partial charge < -0.3 is 15.4 Å². The lowest BCUT2D eigenvalue weighted by Crippen LogP contribution is -2.34. The Hall–Kier alpha value is -1.88. The second kappa shape index (κ2) is 9.55. The fourth-order valence-electron chi connectivity index (χ4n) is 3.16. The van der Waals surface area contributed by atoms with Crippen LogP contribution in [0.25, 0.3) is 10.9 Å². The molecule has 1 aromatic carbocycles.